The summed E-state index contributed by atoms with van der Waals surface area (Å²) in [5, 5.41) is 0. The van der Waals surface area contributed by atoms with Crippen LogP contribution < -0.4 is 4.90 Å². The molecule has 0 radical (unpaired) electrons. The van der Waals surface area contributed by atoms with Crippen molar-refractivity contribution in [2.45, 2.75) is 4.90 Å². The van der Waals surface area contributed by atoms with Gasteiger partial charge in [0.2, 0.25) is 5.91 Å². The lowest BCUT2D eigenvalue weighted by Crippen LogP contribution is -2.32. The molecule has 0 saturated carbocycles. The Morgan fingerprint density at radius 3 is 2.24 bits per heavy atom. The van der Waals surface area contributed by atoms with Crippen LogP contribution in [0.1, 0.15) is 0 Å². The molecule has 6 heteroatoms. The van der Waals surface area contributed by atoms with E-state index in [1.54, 1.807) is 30.3 Å². The van der Waals surface area contributed by atoms with Crippen LogP contribution in [-0.4, -0.2) is 27.1 Å². The molecule has 2 aromatic carbocycles. The molecule has 0 aromatic heterocycles. The second-order valence-electron chi connectivity index (χ2n) is 4.48. The highest BCUT2D eigenvalue weighted by Gasteiger charge is 2.24. The Morgan fingerprint density at radius 2 is 1.62 bits per heavy atom. The number of anilines is 1. The maximum atomic E-state index is 13.6. The van der Waals surface area contributed by atoms with Gasteiger partial charge >= 0.3 is 0 Å². The first-order chi connectivity index (χ1) is 9.92. The normalized spacial score (nSPS) is 11.1. The molecule has 0 aliphatic heterocycles. The van der Waals surface area contributed by atoms with Crippen LogP contribution in [0.15, 0.2) is 59.5 Å². The molecule has 0 aliphatic carbocycles. The predicted molar refractivity (Wildman–Crippen MR) is 78.3 cm³/mol. The van der Waals surface area contributed by atoms with E-state index in [0.29, 0.717) is 5.69 Å². The summed E-state index contributed by atoms with van der Waals surface area (Å²) in [5.41, 5.74) is 0.575. The van der Waals surface area contributed by atoms with Gasteiger partial charge in [-0.25, -0.2) is 12.8 Å². The maximum Gasteiger partial charge on any atom is 0.242 e. The fourth-order valence-corrected chi connectivity index (χ4v) is 3.15. The van der Waals surface area contributed by atoms with Crippen LogP contribution in [0.5, 0.6) is 0 Å². The minimum absolute atomic E-state index is 0.459. The lowest BCUT2D eigenvalue weighted by Gasteiger charge is -2.17. The average Bonchev–Trinajstić information content (AvgIpc) is 2.47. The van der Waals surface area contributed by atoms with Crippen LogP contribution in [0.2, 0.25) is 0 Å². The van der Waals surface area contributed by atoms with Crippen LogP contribution in [0, 0.1) is 5.82 Å². The summed E-state index contributed by atoms with van der Waals surface area (Å²) in [6.45, 7) is 0. The van der Waals surface area contributed by atoms with Crippen LogP contribution in [0.4, 0.5) is 10.1 Å². The standard InChI is InChI=1S/C15H14FNO3S/c1-17(12-7-3-2-4-8-12)15(18)11-21(19,20)14-10-6-5-9-13(14)16/h2-10H,11H2,1H3. The summed E-state index contributed by atoms with van der Waals surface area (Å²) in [4.78, 5) is 12.8. The van der Waals surface area contributed by atoms with Crippen molar-refractivity contribution in [1.29, 1.82) is 0 Å². The van der Waals surface area contributed by atoms with Crippen molar-refractivity contribution in [3.8, 4) is 0 Å². The molecule has 4 nitrogen and oxygen atoms in total. The number of hydrogen-bond donors (Lipinski definition) is 0. The molecule has 0 fully saturated rings. The van der Waals surface area contributed by atoms with Gasteiger partial charge in [-0.3, -0.25) is 4.79 Å². The second kappa shape index (κ2) is 6.05. The van der Waals surface area contributed by atoms with Gasteiger partial charge in [-0.1, -0.05) is 30.3 Å². The fraction of sp³-hybridized carbons (Fsp3) is 0.133. The number of halogens is 1. The molecule has 2 rings (SSSR count). The predicted octanol–water partition coefficient (Wildman–Crippen LogP) is 2.26. The Kier molecular flexibility index (Phi) is 4.37. The van der Waals surface area contributed by atoms with Crippen molar-refractivity contribution >= 4 is 21.4 Å². The van der Waals surface area contributed by atoms with Gasteiger partial charge in [-0.05, 0) is 24.3 Å². The summed E-state index contributed by atoms with van der Waals surface area (Å²) in [6.07, 6.45) is 0. The number of hydrogen-bond acceptors (Lipinski definition) is 3. The third kappa shape index (κ3) is 3.46. The summed E-state index contributed by atoms with van der Waals surface area (Å²) >= 11 is 0. The van der Waals surface area contributed by atoms with Crippen molar-refractivity contribution in [3.63, 3.8) is 0 Å². The Bertz CT molecular complexity index is 745. The lowest BCUT2D eigenvalue weighted by molar-refractivity contribution is -0.115. The molecule has 0 bridgehead atoms. The number of para-hydroxylation sites is 1. The Balaban J connectivity index is 2.21. The highest BCUT2D eigenvalue weighted by atomic mass is 32.2. The van der Waals surface area contributed by atoms with E-state index >= 15 is 0 Å². The van der Waals surface area contributed by atoms with Gasteiger partial charge in [0.1, 0.15) is 16.5 Å². The van der Waals surface area contributed by atoms with Gasteiger partial charge in [0, 0.05) is 12.7 Å². The molecule has 0 aliphatic rings. The highest BCUT2D eigenvalue weighted by Crippen LogP contribution is 2.17. The number of nitrogens with zero attached hydrogens (tertiary/aromatic N) is 1. The first kappa shape index (κ1) is 15.2. The molecule has 1 amide bonds. The van der Waals surface area contributed by atoms with Gasteiger partial charge in [0.15, 0.2) is 9.84 Å². The van der Waals surface area contributed by atoms with Gasteiger partial charge < -0.3 is 4.90 Å². The fourth-order valence-electron chi connectivity index (χ4n) is 1.83. The SMILES string of the molecule is CN(C(=O)CS(=O)(=O)c1ccccc1F)c1ccccc1. The summed E-state index contributed by atoms with van der Waals surface area (Å²) in [7, 11) is -2.53. The van der Waals surface area contributed by atoms with E-state index in [1.165, 1.54) is 24.1 Å². The lowest BCUT2D eigenvalue weighted by atomic mass is 10.3. The van der Waals surface area contributed by atoms with E-state index in [2.05, 4.69) is 0 Å². The maximum absolute atomic E-state index is 13.6. The number of benzene rings is 2. The van der Waals surface area contributed by atoms with E-state index in [-0.39, 0.29) is 0 Å². The Labute approximate surface area is 122 Å². The van der Waals surface area contributed by atoms with Gasteiger partial charge in [-0.15, -0.1) is 0 Å². The number of carbonyl (C=O) groups is 1. The quantitative estimate of drug-likeness (QED) is 0.870. The molecule has 2 aromatic rings. The molecular weight excluding hydrogens is 293 g/mol. The highest BCUT2D eigenvalue weighted by molar-refractivity contribution is 7.92. The largest absolute Gasteiger partial charge is 0.315 e. The zero-order valence-corrected chi connectivity index (χ0v) is 12.2. The van der Waals surface area contributed by atoms with Crippen LogP contribution in [0.25, 0.3) is 0 Å². The van der Waals surface area contributed by atoms with Crippen molar-refractivity contribution in [3.05, 3.63) is 60.4 Å². The Morgan fingerprint density at radius 1 is 1.05 bits per heavy atom. The smallest absolute Gasteiger partial charge is 0.242 e. The van der Waals surface area contributed by atoms with Crippen molar-refractivity contribution < 1.29 is 17.6 Å². The molecule has 21 heavy (non-hydrogen) atoms. The van der Waals surface area contributed by atoms with Crippen molar-refractivity contribution in [2.75, 3.05) is 17.7 Å². The topological polar surface area (TPSA) is 54.5 Å². The average molecular weight is 307 g/mol. The number of rotatable bonds is 4. The molecule has 0 atom stereocenters. The van der Waals surface area contributed by atoms with E-state index < -0.39 is 32.2 Å². The van der Waals surface area contributed by atoms with Gasteiger partial charge in [0.25, 0.3) is 0 Å². The van der Waals surface area contributed by atoms with E-state index in [1.807, 2.05) is 0 Å². The molecule has 0 N–H and O–H groups in total. The minimum Gasteiger partial charge on any atom is -0.315 e. The summed E-state index contributed by atoms with van der Waals surface area (Å²) < 4.78 is 37.8. The second-order valence-corrected chi connectivity index (χ2v) is 6.44. The first-order valence-electron chi connectivity index (χ1n) is 6.21. The molecule has 0 unspecified atom stereocenters. The van der Waals surface area contributed by atoms with E-state index in [9.17, 15) is 17.6 Å². The number of carbonyl (C=O) groups excluding carboxylic acids is 1. The molecule has 110 valence electrons. The molecule has 0 spiro atoms. The zero-order valence-electron chi connectivity index (χ0n) is 11.4. The molecule has 0 saturated heterocycles. The number of amides is 1. The van der Waals surface area contributed by atoms with Gasteiger partial charge in [-0.2, -0.15) is 0 Å². The molecular formula is C15H14FNO3S. The monoisotopic (exact) mass is 307 g/mol. The summed E-state index contributed by atoms with van der Waals surface area (Å²) in [5.74, 6) is -2.25. The van der Waals surface area contributed by atoms with Crippen LogP contribution in [0.3, 0.4) is 0 Å². The van der Waals surface area contributed by atoms with E-state index in [4.69, 9.17) is 0 Å². The number of sulfone groups is 1. The van der Waals surface area contributed by atoms with Crippen LogP contribution in [-0.2, 0) is 14.6 Å². The summed E-state index contributed by atoms with van der Waals surface area (Å²) in [6, 6.07) is 13.7. The molecule has 0 heterocycles. The van der Waals surface area contributed by atoms with E-state index in [0.717, 1.165) is 12.1 Å². The van der Waals surface area contributed by atoms with Crippen molar-refractivity contribution in [1.82, 2.24) is 0 Å². The zero-order chi connectivity index (χ0) is 15.5. The first-order valence-corrected chi connectivity index (χ1v) is 7.86. The van der Waals surface area contributed by atoms with Crippen molar-refractivity contribution in [2.24, 2.45) is 0 Å². The third-order valence-electron chi connectivity index (χ3n) is 3.00. The third-order valence-corrected chi connectivity index (χ3v) is 4.63. The van der Waals surface area contributed by atoms with Gasteiger partial charge in [0.05, 0.1) is 0 Å². The van der Waals surface area contributed by atoms with Crippen LogP contribution >= 0.6 is 0 Å². The minimum atomic E-state index is -4.01. The Hall–Kier alpha value is -2.21.